The Morgan fingerprint density at radius 2 is 1.78 bits per heavy atom. The summed E-state index contributed by atoms with van der Waals surface area (Å²) >= 11 is 0. The number of benzene rings is 2. The quantitative estimate of drug-likeness (QED) is 0.352. The average Bonchev–Trinajstić information content (AvgIpc) is 3.58. The zero-order valence-electron chi connectivity index (χ0n) is 16.9. The predicted octanol–water partition coefficient (Wildman–Crippen LogP) is 5.99. The number of aromatic nitrogens is 4. The summed E-state index contributed by atoms with van der Waals surface area (Å²) < 4.78 is 45.2. The molecule has 0 unspecified atom stereocenters. The van der Waals surface area contributed by atoms with Gasteiger partial charge in [0, 0.05) is 58.6 Å². The highest BCUT2D eigenvalue weighted by molar-refractivity contribution is 5.97. The Kier molecular flexibility index (Phi) is 4.24. The molecule has 0 amide bonds. The van der Waals surface area contributed by atoms with Gasteiger partial charge in [-0.1, -0.05) is 24.3 Å². The zero-order chi connectivity index (χ0) is 21.8. The van der Waals surface area contributed by atoms with Crippen molar-refractivity contribution >= 4 is 21.8 Å². The van der Waals surface area contributed by atoms with Crippen molar-refractivity contribution in [3.63, 3.8) is 0 Å². The smallest absolute Gasteiger partial charge is 0.162 e. The van der Waals surface area contributed by atoms with Gasteiger partial charge in [0.2, 0.25) is 0 Å². The molecule has 0 N–H and O–H groups in total. The number of halogens is 3. The third kappa shape index (κ3) is 3.04. The van der Waals surface area contributed by atoms with Crippen LogP contribution in [0, 0.1) is 17.5 Å². The first-order valence-electron chi connectivity index (χ1n) is 10.4. The molecule has 0 radical (unpaired) electrons. The van der Waals surface area contributed by atoms with Crippen molar-refractivity contribution in [2.45, 2.75) is 25.3 Å². The second kappa shape index (κ2) is 7.15. The van der Waals surface area contributed by atoms with E-state index in [1.54, 1.807) is 18.3 Å². The van der Waals surface area contributed by atoms with Crippen molar-refractivity contribution in [2.24, 2.45) is 0 Å². The van der Waals surface area contributed by atoms with Crippen LogP contribution in [0.3, 0.4) is 0 Å². The van der Waals surface area contributed by atoms with Gasteiger partial charge in [-0.25, -0.2) is 23.1 Å². The fourth-order valence-electron chi connectivity index (χ4n) is 4.25. The standard InChI is InChI=1S/C25H17F3N4/c26-22-3-1-2-15(23(22)27)9-16-8-14-4-7-18(24(28)19(14)11-30-16)21-12-32(17-5-6-17)25-20(21)10-29-13-31-25/h1-4,7-8,10-13,17H,5-6,9H2. The van der Waals surface area contributed by atoms with E-state index in [9.17, 15) is 8.78 Å². The van der Waals surface area contributed by atoms with Crippen molar-refractivity contribution in [3.8, 4) is 11.1 Å². The summed E-state index contributed by atoms with van der Waals surface area (Å²) in [6, 6.07) is 9.73. The minimum Gasteiger partial charge on any atom is -0.329 e. The summed E-state index contributed by atoms with van der Waals surface area (Å²) in [7, 11) is 0. The molecule has 7 heteroatoms. The number of fused-ring (bicyclic) bond motifs is 2. The Hall–Kier alpha value is -3.74. The topological polar surface area (TPSA) is 43.6 Å². The van der Waals surface area contributed by atoms with Gasteiger partial charge in [-0.05, 0) is 35.9 Å². The number of hydrogen-bond acceptors (Lipinski definition) is 3. The van der Waals surface area contributed by atoms with Crippen molar-refractivity contribution in [1.29, 1.82) is 0 Å². The van der Waals surface area contributed by atoms with E-state index in [4.69, 9.17) is 0 Å². The minimum atomic E-state index is -0.895. The van der Waals surface area contributed by atoms with Gasteiger partial charge in [-0.3, -0.25) is 4.98 Å². The van der Waals surface area contributed by atoms with Gasteiger partial charge in [-0.2, -0.15) is 0 Å². The molecule has 32 heavy (non-hydrogen) atoms. The molecule has 1 aliphatic carbocycles. The molecule has 0 bridgehead atoms. The second-order valence-electron chi connectivity index (χ2n) is 8.15. The zero-order valence-corrected chi connectivity index (χ0v) is 16.9. The molecular weight excluding hydrogens is 413 g/mol. The van der Waals surface area contributed by atoms with Crippen molar-refractivity contribution in [1.82, 2.24) is 19.5 Å². The number of pyridine rings is 1. The molecular formula is C25H17F3N4. The molecule has 1 fully saturated rings. The molecule has 0 spiro atoms. The monoisotopic (exact) mass is 430 g/mol. The number of rotatable bonds is 4. The van der Waals surface area contributed by atoms with Crippen LogP contribution in [0.1, 0.15) is 30.1 Å². The van der Waals surface area contributed by atoms with Crippen LogP contribution in [0.5, 0.6) is 0 Å². The summed E-state index contributed by atoms with van der Waals surface area (Å²) in [6.45, 7) is 0. The highest BCUT2D eigenvalue weighted by atomic mass is 19.2. The van der Waals surface area contributed by atoms with Crippen LogP contribution in [-0.2, 0) is 6.42 Å². The highest BCUT2D eigenvalue weighted by Crippen LogP contribution is 2.41. The van der Waals surface area contributed by atoms with Crippen LogP contribution in [0.15, 0.2) is 61.3 Å². The van der Waals surface area contributed by atoms with Gasteiger partial charge >= 0.3 is 0 Å². The molecule has 0 atom stereocenters. The maximum Gasteiger partial charge on any atom is 0.162 e. The first kappa shape index (κ1) is 19.0. The van der Waals surface area contributed by atoms with Crippen LogP contribution >= 0.6 is 0 Å². The van der Waals surface area contributed by atoms with E-state index in [2.05, 4.69) is 19.5 Å². The van der Waals surface area contributed by atoms with Crippen LogP contribution in [0.4, 0.5) is 13.2 Å². The van der Waals surface area contributed by atoms with Crippen LogP contribution in [-0.4, -0.2) is 19.5 Å². The van der Waals surface area contributed by atoms with Crippen molar-refractivity contribution in [2.75, 3.05) is 0 Å². The lowest BCUT2D eigenvalue weighted by Crippen LogP contribution is -1.98. The Morgan fingerprint density at radius 1 is 0.906 bits per heavy atom. The van der Waals surface area contributed by atoms with E-state index in [1.807, 2.05) is 12.3 Å². The van der Waals surface area contributed by atoms with E-state index in [1.165, 1.54) is 24.7 Å². The first-order valence-corrected chi connectivity index (χ1v) is 10.4. The first-order chi connectivity index (χ1) is 15.6. The highest BCUT2D eigenvalue weighted by Gasteiger charge is 2.27. The number of hydrogen-bond donors (Lipinski definition) is 0. The molecule has 1 aliphatic rings. The van der Waals surface area contributed by atoms with E-state index >= 15 is 4.39 Å². The lowest BCUT2D eigenvalue weighted by molar-refractivity contribution is 0.500. The molecule has 3 heterocycles. The van der Waals surface area contributed by atoms with E-state index in [-0.39, 0.29) is 17.8 Å². The maximum absolute atomic E-state index is 15.6. The average molecular weight is 430 g/mol. The SMILES string of the molecule is Fc1cccc(Cc2cc3ccc(-c4cn(C5CC5)c5ncncc45)c(F)c3cn2)c1F. The molecule has 0 aliphatic heterocycles. The van der Waals surface area contributed by atoms with Gasteiger partial charge in [0.15, 0.2) is 11.6 Å². The van der Waals surface area contributed by atoms with E-state index in [0.29, 0.717) is 28.1 Å². The molecule has 1 saturated carbocycles. The van der Waals surface area contributed by atoms with Gasteiger partial charge in [-0.15, -0.1) is 0 Å². The van der Waals surface area contributed by atoms with E-state index < -0.39 is 11.6 Å². The second-order valence-corrected chi connectivity index (χ2v) is 8.15. The van der Waals surface area contributed by atoms with Gasteiger partial charge in [0.25, 0.3) is 0 Å². The van der Waals surface area contributed by atoms with Crippen molar-refractivity contribution < 1.29 is 13.2 Å². The fourth-order valence-corrected chi connectivity index (χ4v) is 4.25. The fraction of sp³-hybridized carbons (Fsp3) is 0.160. The Balaban J connectivity index is 1.43. The number of nitrogens with zero attached hydrogens (tertiary/aromatic N) is 4. The molecule has 5 aromatic rings. The summed E-state index contributed by atoms with van der Waals surface area (Å²) in [6.07, 6.45) is 8.93. The van der Waals surface area contributed by atoms with Gasteiger partial charge < -0.3 is 4.57 Å². The Labute approximate surface area is 181 Å². The third-order valence-electron chi connectivity index (χ3n) is 6.02. The lowest BCUT2D eigenvalue weighted by atomic mass is 10.0. The Bertz CT molecular complexity index is 1500. The van der Waals surface area contributed by atoms with Crippen LogP contribution in [0.2, 0.25) is 0 Å². The largest absolute Gasteiger partial charge is 0.329 e. The molecule has 3 aromatic heterocycles. The molecule has 2 aromatic carbocycles. The predicted molar refractivity (Wildman–Crippen MR) is 116 cm³/mol. The van der Waals surface area contributed by atoms with E-state index in [0.717, 1.165) is 35.5 Å². The van der Waals surface area contributed by atoms with Gasteiger partial charge in [0.1, 0.15) is 17.8 Å². The molecule has 0 saturated heterocycles. The molecule has 6 rings (SSSR count). The lowest BCUT2D eigenvalue weighted by Gasteiger charge is -2.08. The van der Waals surface area contributed by atoms with Crippen LogP contribution < -0.4 is 0 Å². The van der Waals surface area contributed by atoms with Crippen LogP contribution in [0.25, 0.3) is 32.9 Å². The normalized spacial score (nSPS) is 13.8. The third-order valence-corrected chi connectivity index (χ3v) is 6.02. The Morgan fingerprint density at radius 3 is 2.62 bits per heavy atom. The maximum atomic E-state index is 15.6. The summed E-state index contributed by atoms with van der Waals surface area (Å²) in [5.74, 6) is -2.16. The summed E-state index contributed by atoms with van der Waals surface area (Å²) in [5.41, 5.74) is 2.76. The van der Waals surface area contributed by atoms with Gasteiger partial charge in [0.05, 0.1) is 0 Å². The summed E-state index contributed by atoms with van der Waals surface area (Å²) in [4.78, 5) is 12.9. The minimum absolute atomic E-state index is 0.120. The van der Waals surface area contributed by atoms with Crippen molar-refractivity contribution in [3.05, 3.63) is 90.0 Å². The molecule has 158 valence electrons. The summed E-state index contributed by atoms with van der Waals surface area (Å²) in [5, 5.41) is 1.83. The molecule has 4 nitrogen and oxygen atoms in total.